The van der Waals surface area contributed by atoms with E-state index in [1.54, 1.807) is 14.0 Å². The van der Waals surface area contributed by atoms with E-state index >= 15 is 0 Å². The van der Waals surface area contributed by atoms with Crippen molar-refractivity contribution in [3.05, 3.63) is 23.1 Å². The summed E-state index contributed by atoms with van der Waals surface area (Å²) in [6.45, 7) is 4.08. The van der Waals surface area contributed by atoms with Gasteiger partial charge in [0.25, 0.3) is 5.91 Å². The number of carbonyl (C=O) groups excluding carboxylic acids is 1. The summed E-state index contributed by atoms with van der Waals surface area (Å²) in [6.07, 6.45) is 1.17. The molecule has 0 unspecified atom stereocenters. The van der Waals surface area contributed by atoms with Crippen molar-refractivity contribution in [2.75, 3.05) is 12.3 Å². The van der Waals surface area contributed by atoms with E-state index < -0.39 is 0 Å². The number of nitrogens with one attached hydrogen (secondary N) is 1. The van der Waals surface area contributed by atoms with Crippen LogP contribution in [0.25, 0.3) is 0 Å². The number of nitrogen functional groups attached to an aromatic ring is 1. The molecule has 0 saturated carbocycles. The zero-order valence-corrected chi connectivity index (χ0v) is 11.8. The molecule has 108 valence electrons. The van der Waals surface area contributed by atoms with Crippen LogP contribution in [0, 0.1) is 6.92 Å². The smallest absolute Gasteiger partial charge is 0.271 e. The highest BCUT2D eigenvalue weighted by molar-refractivity contribution is 5.97. The second-order valence-corrected chi connectivity index (χ2v) is 4.43. The largest absolute Gasteiger partial charge is 0.395 e. The molecule has 0 aliphatic carbocycles. The number of hydrogen-bond acceptors (Lipinski definition) is 6. The van der Waals surface area contributed by atoms with E-state index in [1.807, 2.05) is 6.92 Å². The van der Waals surface area contributed by atoms with E-state index in [-0.39, 0.29) is 5.91 Å². The Balaban J connectivity index is 1.97. The van der Waals surface area contributed by atoms with Crippen molar-refractivity contribution in [3.8, 4) is 0 Å². The minimum absolute atomic E-state index is 0.256. The Morgan fingerprint density at radius 2 is 2.25 bits per heavy atom. The minimum Gasteiger partial charge on any atom is -0.395 e. The van der Waals surface area contributed by atoms with E-state index in [0.29, 0.717) is 42.5 Å². The van der Waals surface area contributed by atoms with Gasteiger partial charge in [-0.3, -0.25) is 9.48 Å². The Labute approximate surface area is 116 Å². The monoisotopic (exact) mass is 278 g/mol. The molecule has 0 aliphatic heterocycles. The van der Waals surface area contributed by atoms with Crippen molar-refractivity contribution in [2.45, 2.75) is 26.7 Å². The van der Waals surface area contributed by atoms with Crippen molar-refractivity contribution < 1.29 is 9.32 Å². The molecule has 0 bridgehead atoms. The van der Waals surface area contributed by atoms with Crippen molar-refractivity contribution in [1.29, 1.82) is 0 Å². The second kappa shape index (κ2) is 5.72. The number of nitrogens with zero attached hydrogens (tertiary/aromatic N) is 4. The lowest BCUT2D eigenvalue weighted by atomic mass is 10.2. The fourth-order valence-electron chi connectivity index (χ4n) is 1.93. The summed E-state index contributed by atoms with van der Waals surface area (Å²) in [4.78, 5) is 16.2. The van der Waals surface area contributed by atoms with Crippen LogP contribution in [0.1, 0.15) is 34.8 Å². The Kier molecular flexibility index (Phi) is 4.02. The van der Waals surface area contributed by atoms with Gasteiger partial charge in [0.1, 0.15) is 5.69 Å². The predicted octanol–water partition coefficient (Wildman–Crippen LogP) is 0.229. The number of amides is 1. The average Bonchev–Trinajstić information content (AvgIpc) is 2.93. The number of hydrogen-bond donors (Lipinski definition) is 2. The molecule has 0 radical (unpaired) electrons. The van der Waals surface area contributed by atoms with Crippen molar-refractivity contribution >= 4 is 11.6 Å². The predicted molar refractivity (Wildman–Crippen MR) is 72.1 cm³/mol. The zero-order chi connectivity index (χ0) is 14.7. The molecule has 0 atom stereocenters. The number of anilines is 1. The highest BCUT2D eigenvalue weighted by Gasteiger charge is 2.18. The average molecular weight is 278 g/mol. The lowest BCUT2D eigenvalue weighted by molar-refractivity contribution is 0.0945. The summed E-state index contributed by atoms with van der Waals surface area (Å²) in [6, 6.07) is 0. The fourth-order valence-corrected chi connectivity index (χ4v) is 1.93. The van der Waals surface area contributed by atoms with Gasteiger partial charge < -0.3 is 15.6 Å². The van der Waals surface area contributed by atoms with Gasteiger partial charge in [0.05, 0.1) is 11.4 Å². The first-order valence-corrected chi connectivity index (χ1v) is 6.41. The summed E-state index contributed by atoms with van der Waals surface area (Å²) >= 11 is 0. The molecule has 3 N–H and O–H groups in total. The molecular weight excluding hydrogens is 260 g/mol. The van der Waals surface area contributed by atoms with Crippen LogP contribution in [0.4, 0.5) is 5.69 Å². The van der Waals surface area contributed by atoms with Gasteiger partial charge >= 0.3 is 0 Å². The van der Waals surface area contributed by atoms with Gasteiger partial charge in [0, 0.05) is 20.0 Å². The van der Waals surface area contributed by atoms with Gasteiger partial charge in [-0.25, -0.2) is 0 Å². The Hall–Kier alpha value is -2.38. The normalized spacial score (nSPS) is 10.8. The number of nitrogens with two attached hydrogens (primary N) is 1. The lowest BCUT2D eigenvalue weighted by Crippen LogP contribution is -2.28. The molecule has 0 aliphatic rings. The summed E-state index contributed by atoms with van der Waals surface area (Å²) in [5.41, 5.74) is 7.45. The van der Waals surface area contributed by atoms with Crippen molar-refractivity contribution in [2.24, 2.45) is 7.05 Å². The fraction of sp³-hybridized carbons (Fsp3) is 0.500. The molecule has 2 aromatic rings. The zero-order valence-electron chi connectivity index (χ0n) is 11.8. The summed E-state index contributed by atoms with van der Waals surface area (Å²) in [7, 11) is 1.70. The quantitative estimate of drug-likeness (QED) is 0.809. The van der Waals surface area contributed by atoms with Gasteiger partial charge in [-0.05, 0) is 13.3 Å². The third-order valence-electron chi connectivity index (χ3n) is 2.90. The lowest BCUT2D eigenvalue weighted by Gasteiger charge is -2.04. The van der Waals surface area contributed by atoms with Gasteiger partial charge in [0.15, 0.2) is 5.82 Å². The minimum atomic E-state index is -0.256. The number of aromatic nitrogens is 4. The second-order valence-electron chi connectivity index (χ2n) is 4.43. The Morgan fingerprint density at radius 1 is 1.50 bits per heavy atom. The first kappa shape index (κ1) is 14.0. The van der Waals surface area contributed by atoms with Crippen LogP contribution in [0.2, 0.25) is 0 Å². The van der Waals surface area contributed by atoms with E-state index in [1.165, 1.54) is 4.68 Å². The van der Waals surface area contributed by atoms with E-state index in [2.05, 4.69) is 20.6 Å². The number of rotatable bonds is 5. The molecular formula is C12H18N6O2. The third-order valence-corrected chi connectivity index (χ3v) is 2.90. The van der Waals surface area contributed by atoms with Crippen molar-refractivity contribution in [3.63, 3.8) is 0 Å². The SMILES string of the molecule is CCc1nn(C)c(C(=O)NCCc2nc(C)no2)c1N. The maximum Gasteiger partial charge on any atom is 0.271 e. The van der Waals surface area contributed by atoms with Crippen LogP contribution >= 0.6 is 0 Å². The maximum atomic E-state index is 12.1. The standard InChI is InChI=1S/C12H18N6O2/c1-4-8-10(13)11(18(3)16-8)12(19)14-6-5-9-15-7(2)17-20-9/h4-6,13H2,1-3H3,(H,14,19). The molecule has 0 saturated heterocycles. The Bertz CT molecular complexity index is 615. The van der Waals surface area contributed by atoms with Gasteiger partial charge in [0.2, 0.25) is 5.89 Å². The number of carbonyl (C=O) groups is 1. The van der Waals surface area contributed by atoms with E-state index in [4.69, 9.17) is 10.3 Å². The number of aryl methyl sites for hydroxylation is 3. The third kappa shape index (κ3) is 2.79. The highest BCUT2D eigenvalue weighted by Crippen LogP contribution is 2.16. The maximum absolute atomic E-state index is 12.1. The first-order chi connectivity index (χ1) is 9.52. The molecule has 0 aromatic carbocycles. The van der Waals surface area contributed by atoms with Gasteiger partial charge in [-0.2, -0.15) is 10.1 Å². The molecule has 8 heteroatoms. The molecule has 8 nitrogen and oxygen atoms in total. The summed E-state index contributed by atoms with van der Waals surface area (Å²) in [5, 5.41) is 10.7. The topological polar surface area (TPSA) is 112 Å². The summed E-state index contributed by atoms with van der Waals surface area (Å²) in [5.74, 6) is 0.818. The van der Waals surface area contributed by atoms with Crippen LogP contribution in [-0.4, -0.2) is 32.4 Å². The van der Waals surface area contributed by atoms with Crippen LogP contribution in [-0.2, 0) is 19.9 Å². The molecule has 0 fully saturated rings. The van der Waals surface area contributed by atoms with Crippen LogP contribution in [0.5, 0.6) is 0 Å². The van der Waals surface area contributed by atoms with Crippen LogP contribution < -0.4 is 11.1 Å². The molecule has 1 amide bonds. The van der Waals surface area contributed by atoms with Crippen molar-refractivity contribution in [1.82, 2.24) is 25.2 Å². The first-order valence-electron chi connectivity index (χ1n) is 6.41. The van der Waals surface area contributed by atoms with Crippen LogP contribution in [0.3, 0.4) is 0 Å². The van der Waals surface area contributed by atoms with Gasteiger partial charge in [-0.1, -0.05) is 12.1 Å². The molecule has 20 heavy (non-hydrogen) atoms. The van der Waals surface area contributed by atoms with Gasteiger partial charge in [-0.15, -0.1) is 0 Å². The molecule has 2 aromatic heterocycles. The van der Waals surface area contributed by atoms with E-state index in [0.717, 1.165) is 5.69 Å². The highest BCUT2D eigenvalue weighted by atomic mass is 16.5. The van der Waals surface area contributed by atoms with E-state index in [9.17, 15) is 4.79 Å². The van der Waals surface area contributed by atoms with Crippen LogP contribution in [0.15, 0.2) is 4.52 Å². The summed E-state index contributed by atoms with van der Waals surface area (Å²) < 4.78 is 6.47. The molecule has 2 rings (SSSR count). The molecule has 0 spiro atoms. The Morgan fingerprint density at radius 3 is 2.80 bits per heavy atom. The molecule has 2 heterocycles.